The Morgan fingerprint density at radius 2 is 0.263 bits per heavy atom. The summed E-state index contributed by atoms with van der Waals surface area (Å²) in [5.41, 5.74) is 21.2. The van der Waals surface area contributed by atoms with Gasteiger partial charge in [-0.15, -0.1) is 0 Å². The fourth-order valence-corrected chi connectivity index (χ4v) is 21.6. The first-order chi connectivity index (χ1) is 65.9. The van der Waals surface area contributed by atoms with Gasteiger partial charge < -0.3 is 22.8 Å². The number of hydrogen-bond acceptors (Lipinski definition) is 0. The van der Waals surface area contributed by atoms with Crippen LogP contribution in [0.15, 0.2) is 194 Å². The molecule has 0 saturated heterocycles. The number of para-hydroxylation sites is 2. The lowest BCUT2D eigenvalue weighted by atomic mass is 10.0. The van der Waals surface area contributed by atoms with Gasteiger partial charge in [-0.1, -0.05) is 407 Å². The van der Waals surface area contributed by atoms with E-state index in [0.717, 1.165) is 96.5 Å². The molecular weight excluding hydrogens is 1610 g/mol. The Morgan fingerprint density at radius 3 is 0.421 bits per heavy atom. The van der Waals surface area contributed by atoms with Gasteiger partial charge in [-0.25, -0.2) is 0 Å². The van der Waals surface area contributed by atoms with Gasteiger partial charge in [-0.3, -0.25) is 0 Å². The molecule has 133 heavy (non-hydrogen) atoms. The summed E-state index contributed by atoms with van der Waals surface area (Å²) in [6.45, 7) is 16.6. The van der Waals surface area contributed by atoms with Crippen molar-refractivity contribution in [3.8, 4) is 47.4 Å². The van der Waals surface area contributed by atoms with Crippen LogP contribution in [0.5, 0.6) is 0 Å². The summed E-state index contributed by atoms with van der Waals surface area (Å²) < 4.78 is 12.9. The van der Waals surface area contributed by atoms with E-state index in [1.165, 1.54) is 411 Å². The van der Waals surface area contributed by atoms with Crippen LogP contribution < -0.4 is 0 Å². The topological polar surface area (TPSA) is 24.6 Å². The van der Waals surface area contributed by atoms with E-state index in [1.807, 2.05) is 0 Å². The molecule has 5 heteroatoms. The average Bonchev–Trinajstić information content (AvgIpc) is 1.66. The van der Waals surface area contributed by atoms with Gasteiger partial charge in [0, 0.05) is 186 Å². The molecule has 0 N–H and O–H groups in total. The molecule has 0 aliphatic carbocycles. The predicted molar refractivity (Wildman–Crippen MR) is 580 cm³/mol. The Bertz CT molecular complexity index is 6140. The van der Waals surface area contributed by atoms with Crippen molar-refractivity contribution in [3.05, 3.63) is 239 Å². The second-order valence-electron chi connectivity index (χ2n) is 39.6. The van der Waals surface area contributed by atoms with E-state index in [-0.39, 0.29) is 0 Å². The summed E-state index contributed by atoms with van der Waals surface area (Å²) >= 11 is 0. The van der Waals surface area contributed by atoms with Crippen LogP contribution in [0, 0.1) is 47.4 Å². The normalized spacial score (nSPS) is 11.7. The lowest BCUT2D eigenvalue weighted by Crippen LogP contribution is -1.98. The van der Waals surface area contributed by atoms with Crippen molar-refractivity contribution in [1.29, 1.82) is 0 Å². The SMILES string of the molecule is CCCCCCCCCCCCn1c2ccccc2c2cc(C#Cc3ccc4c(c3)c3cc(C#Cc5ccc6c(c5)c5cc(C#Cc7ccc8c(c7)c7cc(C#Cc9ccc%10c(c9)c9ccccc9n%10CCCCCCCCCCCC)ccc7n8CCCCCCCCCCCC)ccc5n6CCCCCCCCCCCC)ccc3n4CCCCCCCCCCCC)ccc21. The molecule has 15 aromatic rings. The number of aromatic nitrogens is 5. The van der Waals surface area contributed by atoms with Gasteiger partial charge in [0.15, 0.2) is 0 Å². The first kappa shape index (κ1) is 97.0. The highest BCUT2D eigenvalue weighted by Gasteiger charge is 2.19. The van der Waals surface area contributed by atoms with E-state index in [2.05, 4.69) is 299 Å². The monoisotopic (exact) mass is 1760 g/mol. The maximum Gasteiger partial charge on any atom is 0.0492 e. The number of hydrogen-bond donors (Lipinski definition) is 0. The van der Waals surface area contributed by atoms with Gasteiger partial charge in [0.25, 0.3) is 0 Å². The lowest BCUT2D eigenvalue weighted by molar-refractivity contribution is 0.541. The zero-order valence-corrected chi connectivity index (χ0v) is 82.6. The van der Waals surface area contributed by atoms with Crippen molar-refractivity contribution in [1.82, 2.24) is 22.8 Å². The highest BCUT2D eigenvalue weighted by atomic mass is 15.0. The first-order valence-corrected chi connectivity index (χ1v) is 54.2. The van der Waals surface area contributed by atoms with Crippen LogP contribution in [0.2, 0.25) is 0 Å². The Hall–Kier alpha value is -10.6. The van der Waals surface area contributed by atoms with Gasteiger partial charge >= 0.3 is 0 Å². The minimum absolute atomic E-state index is 0.982. The number of rotatable bonds is 55. The minimum Gasteiger partial charge on any atom is -0.340 e. The molecule has 10 aromatic carbocycles. The van der Waals surface area contributed by atoms with Gasteiger partial charge in [0.1, 0.15) is 0 Å². The number of nitrogens with zero attached hydrogens (tertiary/aromatic N) is 5. The van der Waals surface area contributed by atoms with Crippen molar-refractivity contribution in [2.24, 2.45) is 0 Å². The number of benzene rings is 10. The third kappa shape index (κ3) is 26.6. The van der Waals surface area contributed by atoms with Crippen LogP contribution in [-0.2, 0) is 32.7 Å². The molecule has 0 aliphatic rings. The van der Waals surface area contributed by atoms with Crippen LogP contribution in [0.1, 0.15) is 400 Å². The number of fused-ring (bicyclic) bond motifs is 15. The largest absolute Gasteiger partial charge is 0.340 e. The molecule has 5 nitrogen and oxygen atoms in total. The summed E-state index contributed by atoms with van der Waals surface area (Å²) in [6.07, 6.45) is 66.5. The zero-order chi connectivity index (χ0) is 91.2. The molecule has 0 spiro atoms. The van der Waals surface area contributed by atoms with Crippen molar-refractivity contribution < 1.29 is 0 Å². The Balaban J connectivity index is 0.706. The summed E-state index contributed by atoms with van der Waals surface area (Å²) in [7, 11) is 0. The second-order valence-corrected chi connectivity index (χ2v) is 39.6. The van der Waals surface area contributed by atoms with Crippen molar-refractivity contribution >= 4 is 109 Å². The summed E-state index contributed by atoms with van der Waals surface area (Å²) in [4.78, 5) is 0. The molecule has 0 amide bonds. The van der Waals surface area contributed by atoms with Crippen LogP contribution in [0.4, 0.5) is 0 Å². The second kappa shape index (κ2) is 52.3. The van der Waals surface area contributed by atoms with E-state index in [9.17, 15) is 0 Å². The fourth-order valence-electron chi connectivity index (χ4n) is 21.6. The van der Waals surface area contributed by atoms with Crippen LogP contribution in [0.3, 0.4) is 0 Å². The number of unbranched alkanes of at least 4 members (excludes halogenated alkanes) is 45. The van der Waals surface area contributed by atoms with E-state index in [1.54, 1.807) is 0 Å². The Labute approximate surface area is 800 Å². The van der Waals surface area contributed by atoms with Crippen molar-refractivity contribution in [3.63, 3.8) is 0 Å². The minimum atomic E-state index is 0.982. The van der Waals surface area contributed by atoms with Gasteiger partial charge in [-0.05, 0) is 190 Å². The Morgan fingerprint density at radius 1 is 0.135 bits per heavy atom. The molecule has 0 fully saturated rings. The molecular formula is C128H157N5. The van der Waals surface area contributed by atoms with Crippen LogP contribution in [0.25, 0.3) is 109 Å². The maximum atomic E-state index is 3.74. The molecule has 694 valence electrons. The standard InChI is InChI=1S/C128H157N5/c1-6-11-16-21-26-31-36-41-46-55-88-129-119-62-53-51-60-109(119)111-93-101(72-80-121(111)129)64-66-103-74-82-123-113(95-103)115-97-105(76-84-125(115)131(123)90-57-48-43-38-33-28-23-18-13-8-3)68-70-107-78-86-127-117(99-107)118-100-108(79-87-128(118)133(127)92-59-50-45-40-35-30-25-20-15-10-5)71-69-106-77-85-126-116(98-106)114-96-104(75-83-124(114)132(126)91-58-49-44-39-34-29-24-19-14-9-4)67-65-102-73-81-122-112(94-102)110-61-52-54-63-120(110)130(122)89-56-47-42-37-32-27-22-17-12-7-2/h51-54,60-63,72-87,93-100H,6-50,55-59,88-92H2,1-5H3. The van der Waals surface area contributed by atoms with Gasteiger partial charge in [0.05, 0.1) is 0 Å². The molecule has 0 saturated carbocycles. The fraction of sp³-hybridized carbons (Fsp3) is 0.469. The highest BCUT2D eigenvalue weighted by molar-refractivity contribution is 6.13. The predicted octanol–water partition coefficient (Wildman–Crippen LogP) is 37.4. The van der Waals surface area contributed by atoms with Gasteiger partial charge in [-0.2, -0.15) is 0 Å². The summed E-state index contributed by atoms with van der Waals surface area (Å²) in [5.74, 6) is 29.7. The third-order valence-corrected chi connectivity index (χ3v) is 29.2. The van der Waals surface area contributed by atoms with Crippen LogP contribution >= 0.6 is 0 Å². The van der Waals surface area contributed by atoms with Crippen molar-refractivity contribution in [2.45, 2.75) is 388 Å². The zero-order valence-electron chi connectivity index (χ0n) is 82.6. The first-order valence-electron chi connectivity index (χ1n) is 54.2. The van der Waals surface area contributed by atoms with E-state index >= 15 is 0 Å². The van der Waals surface area contributed by atoms with E-state index < -0.39 is 0 Å². The molecule has 0 aliphatic heterocycles. The van der Waals surface area contributed by atoms with Crippen LogP contribution in [-0.4, -0.2) is 22.8 Å². The van der Waals surface area contributed by atoms with Gasteiger partial charge in [0.2, 0.25) is 0 Å². The van der Waals surface area contributed by atoms with E-state index in [4.69, 9.17) is 0 Å². The summed E-state index contributed by atoms with van der Waals surface area (Å²) in [5, 5.41) is 12.7. The maximum absolute atomic E-state index is 3.74. The van der Waals surface area contributed by atoms with E-state index in [0.29, 0.717) is 0 Å². The smallest absolute Gasteiger partial charge is 0.0492 e. The highest BCUT2D eigenvalue weighted by Crippen LogP contribution is 2.39. The van der Waals surface area contributed by atoms with Crippen molar-refractivity contribution in [2.75, 3.05) is 0 Å². The molecule has 0 unspecified atom stereocenters. The molecule has 5 aromatic heterocycles. The molecule has 0 radical (unpaired) electrons. The lowest BCUT2D eigenvalue weighted by Gasteiger charge is -2.08. The third-order valence-electron chi connectivity index (χ3n) is 29.2. The molecule has 5 heterocycles. The number of aryl methyl sites for hydroxylation is 5. The molecule has 0 bridgehead atoms. The summed E-state index contributed by atoms with van der Waals surface area (Å²) in [6, 6.07) is 73.7. The molecule has 0 atom stereocenters. The Kier molecular flexibility index (Phi) is 38.2. The quantitative estimate of drug-likeness (QED) is 0.0268. The molecule has 15 rings (SSSR count). The average molecular weight is 1770 g/mol.